The molecule has 26 heavy (non-hydrogen) atoms. The number of urea groups is 1. The van der Waals surface area contributed by atoms with Crippen LogP contribution in [-0.4, -0.2) is 18.0 Å². The molecule has 2 rings (SSSR count). The van der Waals surface area contributed by atoms with Gasteiger partial charge >= 0.3 is 6.03 Å². The van der Waals surface area contributed by atoms with Crippen molar-refractivity contribution >= 4 is 29.2 Å². The third kappa shape index (κ3) is 6.08. The van der Waals surface area contributed by atoms with Crippen LogP contribution >= 0.6 is 11.6 Å². The number of anilines is 1. The number of carbonyl (C=O) groups is 2. The minimum Gasteiger partial charge on any atom is -0.491 e. The quantitative estimate of drug-likeness (QED) is 0.737. The second kappa shape index (κ2) is 9.25. The SMILES string of the molecule is CC(C)CC(C)Oc1ccc(NC(=O)NC(=O)c2ccccc2Cl)cc1. The van der Waals surface area contributed by atoms with Gasteiger partial charge in [-0.1, -0.05) is 37.6 Å². The van der Waals surface area contributed by atoms with Crippen molar-refractivity contribution in [2.45, 2.75) is 33.3 Å². The number of imide groups is 1. The van der Waals surface area contributed by atoms with Crippen LogP contribution in [0.1, 0.15) is 37.6 Å². The predicted molar refractivity (Wildman–Crippen MR) is 104 cm³/mol. The Hall–Kier alpha value is -2.53. The van der Waals surface area contributed by atoms with Gasteiger partial charge in [0.2, 0.25) is 0 Å². The highest BCUT2D eigenvalue weighted by Gasteiger charge is 2.13. The van der Waals surface area contributed by atoms with Gasteiger partial charge in [0.1, 0.15) is 5.75 Å². The summed E-state index contributed by atoms with van der Waals surface area (Å²) in [7, 11) is 0. The standard InChI is InChI=1S/C20H23ClN2O3/c1-13(2)12-14(3)26-16-10-8-15(9-11-16)22-20(25)23-19(24)17-6-4-5-7-18(17)21/h4-11,13-14H,12H2,1-3H3,(H2,22,23,24,25). The second-order valence-corrected chi connectivity index (χ2v) is 6.88. The molecule has 0 aliphatic carbocycles. The lowest BCUT2D eigenvalue weighted by atomic mass is 10.1. The van der Waals surface area contributed by atoms with Crippen molar-refractivity contribution < 1.29 is 14.3 Å². The Bertz CT molecular complexity index is 760. The summed E-state index contributed by atoms with van der Waals surface area (Å²) in [4.78, 5) is 24.0. The van der Waals surface area contributed by atoms with E-state index in [0.29, 0.717) is 11.6 Å². The summed E-state index contributed by atoms with van der Waals surface area (Å²) >= 11 is 5.95. The maximum Gasteiger partial charge on any atom is 0.326 e. The summed E-state index contributed by atoms with van der Waals surface area (Å²) in [6.07, 6.45) is 1.08. The van der Waals surface area contributed by atoms with E-state index in [-0.39, 0.29) is 16.7 Å². The number of hydrogen-bond acceptors (Lipinski definition) is 3. The Balaban J connectivity index is 1.89. The first-order chi connectivity index (χ1) is 12.3. The van der Waals surface area contributed by atoms with Gasteiger partial charge < -0.3 is 10.1 Å². The molecule has 6 heteroatoms. The summed E-state index contributed by atoms with van der Waals surface area (Å²) in [5, 5.41) is 5.14. The number of benzene rings is 2. The fourth-order valence-corrected chi connectivity index (χ4v) is 2.76. The van der Waals surface area contributed by atoms with E-state index in [4.69, 9.17) is 16.3 Å². The lowest BCUT2D eigenvalue weighted by Gasteiger charge is -2.16. The summed E-state index contributed by atoms with van der Waals surface area (Å²) in [6, 6.07) is 12.9. The molecule has 0 aliphatic rings. The van der Waals surface area contributed by atoms with Crippen molar-refractivity contribution in [3.63, 3.8) is 0 Å². The van der Waals surface area contributed by atoms with E-state index >= 15 is 0 Å². The van der Waals surface area contributed by atoms with Gasteiger partial charge in [-0.05, 0) is 55.7 Å². The number of hydrogen-bond donors (Lipinski definition) is 2. The molecule has 3 amide bonds. The van der Waals surface area contributed by atoms with Crippen molar-refractivity contribution in [1.82, 2.24) is 5.32 Å². The van der Waals surface area contributed by atoms with Crippen molar-refractivity contribution in [2.75, 3.05) is 5.32 Å². The molecule has 138 valence electrons. The van der Waals surface area contributed by atoms with Crippen molar-refractivity contribution in [1.29, 1.82) is 0 Å². The van der Waals surface area contributed by atoms with Gasteiger partial charge in [-0.25, -0.2) is 4.79 Å². The van der Waals surface area contributed by atoms with Crippen LogP contribution in [0, 0.1) is 5.92 Å². The summed E-state index contributed by atoms with van der Waals surface area (Å²) < 4.78 is 5.82. The first-order valence-corrected chi connectivity index (χ1v) is 8.86. The van der Waals surface area contributed by atoms with Gasteiger partial charge in [0, 0.05) is 5.69 Å². The fraction of sp³-hybridized carbons (Fsp3) is 0.300. The molecule has 0 aliphatic heterocycles. The van der Waals surface area contributed by atoms with Crippen LogP contribution in [0.4, 0.5) is 10.5 Å². The molecule has 1 unspecified atom stereocenters. The predicted octanol–water partition coefficient (Wildman–Crippen LogP) is 5.12. The Morgan fingerprint density at radius 2 is 1.69 bits per heavy atom. The van der Waals surface area contributed by atoms with E-state index < -0.39 is 11.9 Å². The number of ether oxygens (including phenoxy) is 1. The Morgan fingerprint density at radius 3 is 2.31 bits per heavy atom. The van der Waals surface area contributed by atoms with Crippen LogP contribution in [-0.2, 0) is 0 Å². The number of amides is 3. The van der Waals surface area contributed by atoms with Gasteiger partial charge in [0.05, 0.1) is 16.7 Å². The van der Waals surface area contributed by atoms with E-state index in [1.54, 1.807) is 48.5 Å². The Kier molecular flexibility index (Phi) is 7.04. The zero-order valence-corrected chi connectivity index (χ0v) is 15.8. The van der Waals surface area contributed by atoms with Crippen LogP contribution in [0.5, 0.6) is 5.75 Å². The molecule has 0 aromatic heterocycles. The molecule has 2 aromatic rings. The van der Waals surface area contributed by atoms with Crippen molar-refractivity contribution in [3.05, 3.63) is 59.1 Å². The summed E-state index contributed by atoms with van der Waals surface area (Å²) in [5.74, 6) is 0.733. The maximum absolute atomic E-state index is 12.1. The zero-order valence-electron chi connectivity index (χ0n) is 15.1. The number of rotatable bonds is 6. The molecule has 5 nitrogen and oxygen atoms in total. The van der Waals surface area contributed by atoms with Gasteiger partial charge in [-0.2, -0.15) is 0 Å². The van der Waals surface area contributed by atoms with Gasteiger partial charge in [0.25, 0.3) is 5.91 Å². The topological polar surface area (TPSA) is 67.4 Å². The Morgan fingerprint density at radius 1 is 1.04 bits per heavy atom. The summed E-state index contributed by atoms with van der Waals surface area (Å²) in [6.45, 7) is 6.32. The van der Waals surface area contributed by atoms with E-state index in [1.807, 2.05) is 6.92 Å². The molecule has 2 aromatic carbocycles. The lowest BCUT2D eigenvalue weighted by molar-refractivity contribution is 0.0967. The molecule has 1 atom stereocenters. The molecule has 0 heterocycles. The average Bonchev–Trinajstić information content (AvgIpc) is 2.56. The first kappa shape index (κ1) is 19.8. The molecular formula is C20H23ClN2O3. The van der Waals surface area contributed by atoms with Crippen molar-refractivity contribution in [2.24, 2.45) is 5.92 Å². The fourth-order valence-electron chi connectivity index (χ4n) is 2.54. The summed E-state index contributed by atoms with van der Waals surface area (Å²) in [5.41, 5.74) is 0.797. The molecule has 0 saturated carbocycles. The molecule has 2 N–H and O–H groups in total. The van der Waals surface area contributed by atoms with Gasteiger partial charge in [-0.3, -0.25) is 10.1 Å². The highest BCUT2D eigenvalue weighted by Crippen LogP contribution is 2.19. The molecule has 0 saturated heterocycles. The first-order valence-electron chi connectivity index (χ1n) is 8.48. The minimum absolute atomic E-state index is 0.116. The normalized spacial score (nSPS) is 11.7. The maximum atomic E-state index is 12.1. The second-order valence-electron chi connectivity index (χ2n) is 6.47. The molecule has 0 spiro atoms. The van der Waals surface area contributed by atoms with Crippen LogP contribution < -0.4 is 15.4 Å². The molecular weight excluding hydrogens is 352 g/mol. The highest BCUT2D eigenvalue weighted by atomic mass is 35.5. The number of nitrogens with one attached hydrogen (secondary N) is 2. The highest BCUT2D eigenvalue weighted by molar-refractivity contribution is 6.34. The van der Waals surface area contributed by atoms with Crippen LogP contribution in [0.25, 0.3) is 0 Å². The zero-order chi connectivity index (χ0) is 19.1. The average molecular weight is 375 g/mol. The smallest absolute Gasteiger partial charge is 0.326 e. The van der Waals surface area contributed by atoms with Gasteiger partial charge in [-0.15, -0.1) is 0 Å². The van der Waals surface area contributed by atoms with E-state index in [2.05, 4.69) is 24.5 Å². The van der Waals surface area contributed by atoms with Crippen molar-refractivity contribution in [3.8, 4) is 5.75 Å². The third-order valence-electron chi connectivity index (χ3n) is 3.60. The van der Waals surface area contributed by atoms with Crippen LogP contribution in [0.15, 0.2) is 48.5 Å². The number of carbonyl (C=O) groups excluding carboxylic acids is 2. The largest absolute Gasteiger partial charge is 0.491 e. The molecule has 0 bridgehead atoms. The van der Waals surface area contributed by atoms with E-state index in [1.165, 1.54) is 0 Å². The molecule has 0 fully saturated rings. The van der Waals surface area contributed by atoms with Crippen LogP contribution in [0.2, 0.25) is 5.02 Å². The Labute approximate surface area is 158 Å². The van der Waals surface area contributed by atoms with E-state index in [0.717, 1.165) is 12.2 Å². The van der Waals surface area contributed by atoms with E-state index in [9.17, 15) is 9.59 Å². The number of halogens is 1. The third-order valence-corrected chi connectivity index (χ3v) is 3.93. The molecule has 0 radical (unpaired) electrons. The lowest BCUT2D eigenvalue weighted by Crippen LogP contribution is -2.34. The van der Waals surface area contributed by atoms with Gasteiger partial charge in [0.15, 0.2) is 0 Å². The monoisotopic (exact) mass is 374 g/mol. The minimum atomic E-state index is -0.628. The van der Waals surface area contributed by atoms with Crippen LogP contribution in [0.3, 0.4) is 0 Å².